The van der Waals surface area contributed by atoms with E-state index in [0.717, 1.165) is 66.1 Å². The predicted octanol–water partition coefficient (Wildman–Crippen LogP) is 6.70. The molecule has 2 aliphatic rings. The number of nitrogens with one attached hydrogen (secondary N) is 1. The van der Waals surface area contributed by atoms with Crippen LogP contribution in [0.15, 0.2) is 60.0 Å². The maximum Gasteiger partial charge on any atom is 0.272 e. The van der Waals surface area contributed by atoms with Gasteiger partial charge in [0.25, 0.3) is 5.91 Å². The highest BCUT2D eigenvalue weighted by atomic mass is 32.1. The third-order valence-electron chi connectivity index (χ3n) is 8.43. The molecule has 1 fully saturated rings. The summed E-state index contributed by atoms with van der Waals surface area (Å²) in [6, 6.07) is 19.6. The Balaban J connectivity index is 1.15. The number of benzene rings is 2. The molecule has 2 aromatic carbocycles. The van der Waals surface area contributed by atoms with E-state index >= 15 is 0 Å². The molecule has 0 saturated heterocycles. The Kier molecular flexibility index (Phi) is 7.36. The SMILES string of the molecule is CN(C)C1CCC(Oc2ccc(CN3CCCc4cccc(NC(=O)c5cc6sccc6n5C)c43)cc2)CC1. The van der Waals surface area contributed by atoms with Gasteiger partial charge in [-0.05, 0) is 99.5 Å². The number of nitrogens with zero attached hydrogens (tertiary/aromatic N) is 3. The number of carbonyl (C=O) groups excluding carboxylic acids is 1. The van der Waals surface area contributed by atoms with Crippen LogP contribution >= 0.6 is 11.3 Å². The van der Waals surface area contributed by atoms with E-state index in [1.807, 2.05) is 23.7 Å². The molecule has 1 aliphatic heterocycles. The minimum Gasteiger partial charge on any atom is -0.490 e. The van der Waals surface area contributed by atoms with E-state index in [1.54, 1.807) is 11.3 Å². The van der Waals surface area contributed by atoms with Crippen molar-refractivity contribution in [2.45, 2.75) is 57.2 Å². The van der Waals surface area contributed by atoms with Gasteiger partial charge in [-0.1, -0.05) is 24.3 Å². The molecule has 1 saturated carbocycles. The summed E-state index contributed by atoms with van der Waals surface area (Å²) in [5.41, 5.74) is 6.34. The zero-order chi connectivity index (χ0) is 26.9. The largest absolute Gasteiger partial charge is 0.490 e. The summed E-state index contributed by atoms with van der Waals surface area (Å²) in [6.45, 7) is 1.77. The van der Waals surface area contributed by atoms with Crippen LogP contribution in [0.25, 0.3) is 10.2 Å². The van der Waals surface area contributed by atoms with Gasteiger partial charge in [-0.2, -0.15) is 0 Å². The lowest BCUT2D eigenvalue weighted by Crippen LogP contribution is -2.35. The molecule has 0 unspecified atom stereocenters. The van der Waals surface area contributed by atoms with Crippen LogP contribution in [0.5, 0.6) is 5.75 Å². The summed E-state index contributed by atoms with van der Waals surface area (Å²) in [5, 5.41) is 5.30. The van der Waals surface area contributed by atoms with Gasteiger partial charge < -0.3 is 24.4 Å². The van der Waals surface area contributed by atoms with Gasteiger partial charge in [0, 0.05) is 26.2 Å². The number of hydrogen-bond acceptors (Lipinski definition) is 5. The summed E-state index contributed by atoms with van der Waals surface area (Å²) in [6.07, 6.45) is 7.08. The molecule has 0 bridgehead atoms. The zero-order valence-corrected chi connectivity index (χ0v) is 24.0. The first-order valence-electron chi connectivity index (χ1n) is 14.1. The van der Waals surface area contributed by atoms with Crippen LogP contribution in [0.3, 0.4) is 0 Å². The third-order valence-corrected chi connectivity index (χ3v) is 9.28. The quantitative estimate of drug-likeness (QED) is 0.282. The summed E-state index contributed by atoms with van der Waals surface area (Å²) < 4.78 is 9.44. The number of aromatic nitrogens is 1. The van der Waals surface area contributed by atoms with Crippen molar-refractivity contribution in [2.24, 2.45) is 7.05 Å². The lowest BCUT2D eigenvalue weighted by atomic mass is 9.92. The van der Waals surface area contributed by atoms with Gasteiger partial charge in [-0.25, -0.2) is 0 Å². The van der Waals surface area contributed by atoms with Crippen molar-refractivity contribution in [3.8, 4) is 5.75 Å². The van der Waals surface area contributed by atoms with Gasteiger partial charge in [0.05, 0.1) is 27.7 Å². The molecule has 6 rings (SSSR count). The Morgan fingerprint density at radius 3 is 2.62 bits per heavy atom. The van der Waals surface area contributed by atoms with Gasteiger partial charge in [0.2, 0.25) is 0 Å². The summed E-state index contributed by atoms with van der Waals surface area (Å²) >= 11 is 1.66. The second-order valence-electron chi connectivity index (χ2n) is 11.2. The Morgan fingerprint density at radius 1 is 1.08 bits per heavy atom. The van der Waals surface area contributed by atoms with Crippen molar-refractivity contribution in [3.63, 3.8) is 0 Å². The average molecular weight is 543 g/mol. The summed E-state index contributed by atoms with van der Waals surface area (Å²) in [4.78, 5) is 18.1. The van der Waals surface area contributed by atoms with Gasteiger partial charge in [0.1, 0.15) is 11.4 Å². The van der Waals surface area contributed by atoms with Crippen LogP contribution in [0.2, 0.25) is 0 Å². The molecule has 7 heteroatoms. The Morgan fingerprint density at radius 2 is 1.87 bits per heavy atom. The second-order valence-corrected chi connectivity index (χ2v) is 12.2. The number of rotatable bonds is 7. The molecule has 2 aromatic heterocycles. The number of carbonyl (C=O) groups is 1. The molecule has 1 amide bonds. The number of ether oxygens (including phenoxy) is 1. The zero-order valence-electron chi connectivity index (χ0n) is 23.2. The molecule has 6 nitrogen and oxygen atoms in total. The van der Waals surface area contributed by atoms with Crippen molar-refractivity contribution in [1.29, 1.82) is 0 Å². The van der Waals surface area contributed by atoms with Gasteiger partial charge in [0.15, 0.2) is 0 Å². The van der Waals surface area contributed by atoms with Crippen LogP contribution in [0.1, 0.15) is 53.7 Å². The van der Waals surface area contributed by atoms with Crippen LogP contribution in [0.4, 0.5) is 11.4 Å². The van der Waals surface area contributed by atoms with Gasteiger partial charge in [-0.3, -0.25) is 4.79 Å². The highest BCUT2D eigenvalue weighted by Crippen LogP contribution is 2.36. The molecule has 39 heavy (non-hydrogen) atoms. The first kappa shape index (κ1) is 26.0. The molecule has 204 valence electrons. The molecule has 1 N–H and O–H groups in total. The fourth-order valence-corrected chi connectivity index (χ4v) is 7.07. The molecule has 0 spiro atoms. The monoisotopic (exact) mass is 542 g/mol. The van der Waals surface area contributed by atoms with Crippen molar-refractivity contribution in [1.82, 2.24) is 9.47 Å². The lowest BCUT2D eigenvalue weighted by molar-refractivity contribution is 0.101. The number of para-hydroxylation sites is 1. The maximum atomic E-state index is 13.3. The fraction of sp³-hybridized carbons (Fsp3) is 0.406. The van der Waals surface area contributed by atoms with E-state index in [-0.39, 0.29) is 5.91 Å². The molecular formula is C32H38N4O2S. The summed E-state index contributed by atoms with van der Waals surface area (Å²) in [5.74, 6) is 0.891. The average Bonchev–Trinajstić information content (AvgIpc) is 3.53. The summed E-state index contributed by atoms with van der Waals surface area (Å²) in [7, 11) is 6.31. The van der Waals surface area contributed by atoms with E-state index < -0.39 is 0 Å². The van der Waals surface area contributed by atoms with Crippen molar-refractivity contribution >= 4 is 38.8 Å². The number of aryl methyl sites for hydroxylation is 2. The topological polar surface area (TPSA) is 49.7 Å². The van der Waals surface area contributed by atoms with Crippen LogP contribution < -0.4 is 15.0 Å². The number of amides is 1. The molecule has 4 aromatic rings. The lowest BCUT2D eigenvalue weighted by Gasteiger charge is -2.33. The van der Waals surface area contributed by atoms with Gasteiger partial charge >= 0.3 is 0 Å². The van der Waals surface area contributed by atoms with E-state index in [4.69, 9.17) is 4.74 Å². The van der Waals surface area contributed by atoms with E-state index in [0.29, 0.717) is 17.8 Å². The van der Waals surface area contributed by atoms with Crippen LogP contribution in [0, 0.1) is 0 Å². The molecule has 1 aliphatic carbocycles. The molecular weight excluding hydrogens is 504 g/mol. The van der Waals surface area contributed by atoms with Crippen LogP contribution in [-0.2, 0) is 20.0 Å². The normalized spacial score (nSPS) is 19.3. The number of anilines is 2. The highest BCUT2D eigenvalue weighted by Gasteiger charge is 2.25. The second kappa shape index (κ2) is 11.1. The van der Waals surface area contributed by atoms with E-state index in [1.165, 1.54) is 24.0 Å². The fourth-order valence-electron chi connectivity index (χ4n) is 6.22. The minimum absolute atomic E-state index is 0.0686. The minimum atomic E-state index is -0.0686. The molecule has 0 atom stereocenters. The first-order valence-corrected chi connectivity index (χ1v) is 15.0. The molecule has 3 heterocycles. The Hall–Kier alpha value is -3.29. The smallest absolute Gasteiger partial charge is 0.272 e. The van der Waals surface area contributed by atoms with Crippen molar-refractivity contribution in [3.05, 3.63) is 76.8 Å². The van der Waals surface area contributed by atoms with E-state index in [2.05, 4.69) is 77.1 Å². The molecule has 0 radical (unpaired) electrons. The third kappa shape index (κ3) is 5.43. The van der Waals surface area contributed by atoms with Crippen molar-refractivity contribution < 1.29 is 9.53 Å². The van der Waals surface area contributed by atoms with Gasteiger partial charge in [-0.15, -0.1) is 11.3 Å². The number of fused-ring (bicyclic) bond motifs is 2. The number of thiophene rings is 1. The first-order chi connectivity index (χ1) is 19.0. The van der Waals surface area contributed by atoms with E-state index in [9.17, 15) is 4.79 Å². The Bertz CT molecular complexity index is 1450. The standard InChI is InChI=1S/C32H38N4O2S/c1-34(2)24-11-15-26(16-12-24)38-25-13-9-22(10-14-25)21-36-18-5-7-23-6-4-8-27(31(23)36)33-32(37)29-20-30-28(35(29)3)17-19-39-30/h4,6,8-10,13-14,17,19-20,24,26H,5,7,11-12,15-16,18,21H2,1-3H3,(H,33,37). The predicted molar refractivity (Wildman–Crippen MR) is 161 cm³/mol. The Labute approximate surface area is 235 Å². The van der Waals surface area contributed by atoms with Crippen LogP contribution in [-0.4, -0.2) is 48.2 Å². The maximum absolute atomic E-state index is 13.3. The highest BCUT2D eigenvalue weighted by molar-refractivity contribution is 7.17. The number of hydrogen-bond donors (Lipinski definition) is 1. The van der Waals surface area contributed by atoms with Crippen molar-refractivity contribution in [2.75, 3.05) is 30.9 Å².